The van der Waals surface area contributed by atoms with Gasteiger partial charge in [0.05, 0.1) is 11.0 Å². The SMILES string of the molecule is NC1CCN(C(=O)C(Cc2ccc(Cl)cc2Cl)NC(=O)C2(c3ccc(C(F)(F)F)cc3F)CC2)CC1. The molecule has 1 unspecified atom stereocenters. The monoisotopic (exact) mass is 545 g/mol. The fourth-order valence-electron chi connectivity index (χ4n) is 4.57. The Hall–Kier alpha value is -2.36. The highest BCUT2D eigenvalue weighted by Gasteiger charge is 2.54. The van der Waals surface area contributed by atoms with E-state index in [0.29, 0.717) is 47.6 Å². The molecule has 2 amide bonds. The summed E-state index contributed by atoms with van der Waals surface area (Å²) in [6.45, 7) is 0.860. The lowest BCUT2D eigenvalue weighted by Crippen LogP contribution is -2.54. The number of amides is 2. The van der Waals surface area contributed by atoms with E-state index in [2.05, 4.69) is 5.32 Å². The van der Waals surface area contributed by atoms with Gasteiger partial charge < -0.3 is 16.0 Å². The Morgan fingerprint density at radius 2 is 1.78 bits per heavy atom. The van der Waals surface area contributed by atoms with Gasteiger partial charge in [-0.2, -0.15) is 13.2 Å². The smallest absolute Gasteiger partial charge is 0.343 e. The first kappa shape index (κ1) is 26.7. The van der Waals surface area contributed by atoms with Crippen LogP contribution < -0.4 is 11.1 Å². The average Bonchev–Trinajstić information content (AvgIpc) is 3.61. The highest BCUT2D eigenvalue weighted by Crippen LogP contribution is 2.50. The number of hydrogen-bond donors (Lipinski definition) is 2. The third-order valence-corrected chi connectivity index (χ3v) is 7.48. The molecule has 0 spiro atoms. The Bertz CT molecular complexity index is 1160. The van der Waals surface area contributed by atoms with E-state index in [9.17, 15) is 27.2 Å². The van der Waals surface area contributed by atoms with Gasteiger partial charge in [0.25, 0.3) is 0 Å². The van der Waals surface area contributed by atoms with Crippen molar-refractivity contribution in [2.24, 2.45) is 5.73 Å². The maximum absolute atomic E-state index is 14.7. The van der Waals surface area contributed by atoms with Crippen LogP contribution in [0, 0.1) is 5.82 Å². The Balaban J connectivity index is 1.59. The number of carbonyl (C=O) groups is 2. The normalized spacial score (nSPS) is 18.6. The molecule has 0 bridgehead atoms. The Morgan fingerprint density at radius 1 is 1.11 bits per heavy atom. The number of halogens is 6. The highest BCUT2D eigenvalue weighted by molar-refractivity contribution is 6.35. The van der Waals surface area contributed by atoms with Gasteiger partial charge in [0.2, 0.25) is 11.8 Å². The summed E-state index contributed by atoms with van der Waals surface area (Å²) in [4.78, 5) is 28.4. The van der Waals surface area contributed by atoms with Crippen molar-refractivity contribution < 1.29 is 27.2 Å². The van der Waals surface area contributed by atoms with Gasteiger partial charge in [0, 0.05) is 41.2 Å². The molecule has 1 heterocycles. The summed E-state index contributed by atoms with van der Waals surface area (Å²) in [5.74, 6) is -2.05. The van der Waals surface area contributed by atoms with Gasteiger partial charge in [-0.3, -0.25) is 9.59 Å². The Morgan fingerprint density at radius 3 is 2.33 bits per heavy atom. The van der Waals surface area contributed by atoms with Gasteiger partial charge in [-0.15, -0.1) is 0 Å². The van der Waals surface area contributed by atoms with E-state index in [0.717, 1.165) is 12.1 Å². The first-order valence-electron chi connectivity index (χ1n) is 11.6. The van der Waals surface area contributed by atoms with E-state index in [4.69, 9.17) is 28.9 Å². The van der Waals surface area contributed by atoms with Gasteiger partial charge in [0.15, 0.2) is 0 Å². The van der Waals surface area contributed by atoms with Gasteiger partial charge in [0.1, 0.15) is 11.9 Å². The van der Waals surface area contributed by atoms with Crippen molar-refractivity contribution >= 4 is 35.0 Å². The number of alkyl halides is 3. The predicted octanol–water partition coefficient (Wildman–Crippen LogP) is 4.86. The zero-order chi connectivity index (χ0) is 26.3. The maximum Gasteiger partial charge on any atom is 0.416 e. The van der Waals surface area contributed by atoms with E-state index in [1.807, 2.05) is 0 Å². The summed E-state index contributed by atoms with van der Waals surface area (Å²) in [5.41, 5.74) is 3.95. The second-order valence-electron chi connectivity index (χ2n) is 9.40. The molecule has 1 aliphatic heterocycles. The minimum absolute atomic E-state index is 0.00909. The van der Waals surface area contributed by atoms with Crippen LogP contribution in [0.25, 0.3) is 0 Å². The van der Waals surface area contributed by atoms with E-state index in [1.165, 1.54) is 6.07 Å². The first-order valence-corrected chi connectivity index (χ1v) is 12.3. The molecule has 11 heteroatoms. The average molecular weight is 546 g/mol. The topological polar surface area (TPSA) is 75.4 Å². The lowest BCUT2D eigenvalue weighted by molar-refractivity contribution is -0.138. The number of rotatable bonds is 6. The minimum atomic E-state index is -4.70. The van der Waals surface area contributed by atoms with Crippen molar-refractivity contribution in [3.05, 3.63) is 69.0 Å². The molecule has 2 fully saturated rings. The van der Waals surface area contributed by atoms with Crippen molar-refractivity contribution in [3.8, 4) is 0 Å². The summed E-state index contributed by atoms with van der Waals surface area (Å²) < 4.78 is 53.7. The van der Waals surface area contributed by atoms with Crippen LogP contribution in [0.5, 0.6) is 0 Å². The standard InChI is InChI=1S/C25H25Cl2F4N3O2/c26-16-3-1-14(19(27)13-16)11-21(22(35)34-9-5-17(32)6-10-34)33-23(36)24(7-8-24)18-4-2-15(12-20(18)28)25(29,30)31/h1-4,12-13,17,21H,5-11,32H2,(H,33,36). The third kappa shape index (κ3) is 5.63. The van der Waals surface area contributed by atoms with Gasteiger partial charge in [-0.25, -0.2) is 4.39 Å². The van der Waals surface area contributed by atoms with Crippen LogP contribution in [0.3, 0.4) is 0 Å². The summed E-state index contributed by atoms with van der Waals surface area (Å²) in [6.07, 6.45) is -2.90. The van der Waals surface area contributed by atoms with Crippen LogP contribution in [0.2, 0.25) is 10.0 Å². The van der Waals surface area contributed by atoms with Crippen molar-refractivity contribution in [1.82, 2.24) is 10.2 Å². The van der Waals surface area contributed by atoms with Gasteiger partial charge >= 0.3 is 6.18 Å². The largest absolute Gasteiger partial charge is 0.416 e. The zero-order valence-electron chi connectivity index (χ0n) is 19.2. The molecule has 0 radical (unpaired) electrons. The molecule has 2 aliphatic rings. The number of nitrogens with one attached hydrogen (secondary N) is 1. The van der Waals surface area contributed by atoms with Crippen LogP contribution in [-0.4, -0.2) is 41.9 Å². The lowest BCUT2D eigenvalue weighted by atomic mass is 9.92. The molecule has 4 rings (SSSR count). The third-order valence-electron chi connectivity index (χ3n) is 6.89. The summed E-state index contributed by atoms with van der Waals surface area (Å²) in [6, 6.07) is 5.95. The molecule has 2 aromatic rings. The Labute approximate surface area is 215 Å². The Kier molecular flexibility index (Phi) is 7.55. The van der Waals surface area contributed by atoms with E-state index >= 15 is 0 Å². The van der Waals surface area contributed by atoms with Crippen LogP contribution in [0.4, 0.5) is 17.6 Å². The van der Waals surface area contributed by atoms with Crippen LogP contribution in [0.15, 0.2) is 36.4 Å². The summed E-state index contributed by atoms with van der Waals surface area (Å²) in [5, 5.41) is 3.48. The first-order chi connectivity index (χ1) is 16.9. The van der Waals surface area contributed by atoms with Crippen LogP contribution >= 0.6 is 23.2 Å². The highest BCUT2D eigenvalue weighted by atomic mass is 35.5. The molecule has 1 atom stereocenters. The summed E-state index contributed by atoms with van der Waals surface area (Å²) >= 11 is 12.3. The number of nitrogens with zero attached hydrogens (tertiary/aromatic N) is 1. The fourth-order valence-corrected chi connectivity index (χ4v) is 5.05. The number of nitrogens with two attached hydrogens (primary N) is 1. The van der Waals surface area contributed by atoms with Crippen LogP contribution in [0.1, 0.15) is 42.4 Å². The summed E-state index contributed by atoms with van der Waals surface area (Å²) in [7, 11) is 0. The number of piperidine rings is 1. The van der Waals surface area contributed by atoms with Crippen LogP contribution in [-0.2, 0) is 27.6 Å². The molecule has 5 nitrogen and oxygen atoms in total. The maximum atomic E-state index is 14.7. The number of benzene rings is 2. The lowest BCUT2D eigenvalue weighted by Gasteiger charge is -2.34. The molecule has 1 aliphatic carbocycles. The molecule has 194 valence electrons. The predicted molar refractivity (Wildman–Crippen MR) is 128 cm³/mol. The number of carbonyl (C=O) groups excluding carboxylic acids is 2. The molecule has 1 saturated carbocycles. The van der Waals surface area contributed by atoms with Crippen molar-refractivity contribution in [2.45, 2.75) is 55.8 Å². The molecular weight excluding hydrogens is 521 g/mol. The number of likely N-dealkylation sites (tertiary alicyclic amines) is 1. The molecular formula is C25H25Cl2F4N3O2. The minimum Gasteiger partial charge on any atom is -0.343 e. The van der Waals surface area contributed by atoms with Crippen molar-refractivity contribution in [1.29, 1.82) is 0 Å². The second-order valence-corrected chi connectivity index (χ2v) is 10.2. The van der Waals surface area contributed by atoms with Gasteiger partial charge in [-0.1, -0.05) is 35.3 Å². The molecule has 0 aromatic heterocycles. The van der Waals surface area contributed by atoms with E-state index in [-0.39, 0.29) is 36.8 Å². The van der Waals surface area contributed by atoms with E-state index in [1.54, 1.807) is 17.0 Å². The molecule has 1 saturated heterocycles. The van der Waals surface area contributed by atoms with Gasteiger partial charge in [-0.05, 0) is 55.5 Å². The second kappa shape index (κ2) is 10.2. The van der Waals surface area contributed by atoms with Crippen molar-refractivity contribution in [2.75, 3.05) is 13.1 Å². The van der Waals surface area contributed by atoms with Crippen molar-refractivity contribution in [3.63, 3.8) is 0 Å². The van der Waals surface area contributed by atoms with E-state index < -0.39 is 34.9 Å². The molecule has 36 heavy (non-hydrogen) atoms. The molecule has 3 N–H and O–H groups in total. The zero-order valence-corrected chi connectivity index (χ0v) is 20.7. The fraction of sp³-hybridized carbons (Fsp3) is 0.440. The molecule has 2 aromatic carbocycles. The quantitative estimate of drug-likeness (QED) is 0.509. The number of hydrogen-bond acceptors (Lipinski definition) is 3.